The van der Waals surface area contributed by atoms with Gasteiger partial charge in [-0.3, -0.25) is 9.59 Å². The quantitative estimate of drug-likeness (QED) is 0.908. The summed E-state index contributed by atoms with van der Waals surface area (Å²) in [5.41, 5.74) is 1.24. The maximum absolute atomic E-state index is 12.4. The molecule has 2 atom stereocenters. The van der Waals surface area contributed by atoms with Crippen LogP contribution in [0.1, 0.15) is 45.1 Å². The highest BCUT2D eigenvalue weighted by atomic mass is 16.2. The van der Waals surface area contributed by atoms with E-state index < -0.39 is 0 Å². The third-order valence-corrected chi connectivity index (χ3v) is 4.49. The molecule has 22 heavy (non-hydrogen) atoms. The Labute approximate surface area is 132 Å². The minimum absolute atomic E-state index is 0.0129. The van der Waals surface area contributed by atoms with Crippen LogP contribution in [0.4, 0.5) is 0 Å². The summed E-state index contributed by atoms with van der Waals surface area (Å²) < 4.78 is 0. The van der Waals surface area contributed by atoms with Crippen LogP contribution >= 0.6 is 0 Å². The molecule has 0 aliphatic carbocycles. The fraction of sp³-hybridized carbons (Fsp3) is 0.556. The predicted molar refractivity (Wildman–Crippen MR) is 87.4 cm³/mol. The van der Waals surface area contributed by atoms with E-state index >= 15 is 0 Å². The highest BCUT2D eigenvalue weighted by Gasteiger charge is 2.32. The second-order valence-corrected chi connectivity index (χ2v) is 6.38. The molecule has 120 valence electrons. The van der Waals surface area contributed by atoms with Gasteiger partial charge in [0.1, 0.15) is 6.04 Å². The Morgan fingerprint density at radius 1 is 1.27 bits per heavy atom. The fourth-order valence-corrected chi connectivity index (χ4v) is 3.18. The Bertz CT molecular complexity index is 513. The number of hydrogen-bond acceptors (Lipinski definition) is 2. The monoisotopic (exact) mass is 302 g/mol. The second-order valence-electron chi connectivity index (χ2n) is 6.38. The van der Waals surface area contributed by atoms with Gasteiger partial charge in [-0.1, -0.05) is 44.2 Å². The first-order chi connectivity index (χ1) is 10.5. The van der Waals surface area contributed by atoms with Gasteiger partial charge in [0.25, 0.3) is 0 Å². The van der Waals surface area contributed by atoms with Crippen LogP contribution in [0, 0.1) is 5.92 Å². The van der Waals surface area contributed by atoms with Gasteiger partial charge in [-0.15, -0.1) is 0 Å². The van der Waals surface area contributed by atoms with Gasteiger partial charge in [0.15, 0.2) is 0 Å². The normalized spacial score (nSPS) is 19.3. The molecule has 0 saturated carbocycles. The largest absolute Gasteiger partial charge is 0.354 e. The van der Waals surface area contributed by atoms with Crippen LogP contribution in [0.3, 0.4) is 0 Å². The lowest BCUT2D eigenvalue weighted by Crippen LogP contribution is -2.46. The maximum atomic E-state index is 12.4. The van der Waals surface area contributed by atoms with Crippen molar-refractivity contribution in [1.29, 1.82) is 0 Å². The average molecular weight is 302 g/mol. The molecular weight excluding hydrogens is 276 g/mol. The third kappa shape index (κ3) is 3.87. The van der Waals surface area contributed by atoms with Crippen molar-refractivity contribution in [2.75, 3.05) is 13.1 Å². The van der Waals surface area contributed by atoms with Gasteiger partial charge in [0, 0.05) is 25.9 Å². The molecular formula is C18H26N2O2. The van der Waals surface area contributed by atoms with Crippen molar-refractivity contribution in [3.05, 3.63) is 35.9 Å². The molecule has 1 heterocycles. The smallest absolute Gasteiger partial charge is 0.242 e. The maximum Gasteiger partial charge on any atom is 0.242 e. The van der Waals surface area contributed by atoms with Crippen molar-refractivity contribution in [1.82, 2.24) is 10.2 Å². The van der Waals surface area contributed by atoms with E-state index in [4.69, 9.17) is 0 Å². The first kappa shape index (κ1) is 16.5. The van der Waals surface area contributed by atoms with Gasteiger partial charge in [-0.25, -0.2) is 0 Å². The Hall–Kier alpha value is -1.84. The van der Waals surface area contributed by atoms with Gasteiger partial charge >= 0.3 is 0 Å². The van der Waals surface area contributed by atoms with Crippen molar-refractivity contribution in [2.45, 2.75) is 45.6 Å². The van der Waals surface area contributed by atoms with Gasteiger partial charge in [-0.2, -0.15) is 0 Å². The number of rotatable bonds is 5. The molecule has 1 aliphatic rings. The third-order valence-electron chi connectivity index (χ3n) is 4.49. The molecule has 1 fully saturated rings. The highest BCUT2D eigenvalue weighted by Crippen LogP contribution is 2.24. The van der Waals surface area contributed by atoms with Crippen LogP contribution < -0.4 is 5.32 Å². The molecule has 1 aromatic rings. The molecule has 0 bridgehead atoms. The predicted octanol–water partition coefficient (Wildman–Crippen LogP) is 2.55. The van der Waals surface area contributed by atoms with E-state index in [1.54, 1.807) is 4.90 Å². The molecule has 0 radical (unpaired) electrons. The molecule has 2 rings (SSSR count). The van der Waals surface area contributed by atoms with E-state index in [2.05, 4.69) is 31.3 Å². The van der Waals surface area contributed by atoms with E-state index in [9.17, 15) is 9.59 Å². The summed E-state index contributed by atoms with van der Waals surface area (Å²) in [6.45, 7) is 7.18. The number of hydrogen-bond donors (Lipinski definition) is 1. The van der Waals surface area contributed by atoms with Crippen molar-refractivity contribution in [3.8, 4) is 0 Å². The van der Waals surface area contributed by atoms with E-state index in [1.165, 1.54) is 12.5 Å². The topological polar surface area (TPSA) is 49.4 Å². The number of amides is 2. The average Bonchev–Trinajstić information content (AvgIpc) is 2.97. The number of carbonyl (C=O) groups excluding carboxylic acids is 2. The van der Waals surface area contributed by atoms with E-state index in [-0.39, 0.29) is 23.8 Å². The molecule has 0 spiro atoms. The van der Waals surface area contributed by atoms with Crippen LogP contribution in [0.15, 0.2) is 30.3 Å². The van der Waals surface area contributed by atoms with Crippen molar-refractivity contribution >= 4 is 11.8 Å². The summed E-state index contributed by atoms with van der Waals surface area (Å²) in [4.78, 5) is 25.7. The lowest BCUT2D eigenvalue weighted by molar-refractivity contribution is -0.136. The van der Waals surface area contributed by atoms with Crippen molar-refractivity contribution in [2.24, 2.45) is 5.92 Å². The zero-order valence-electron chi connectivity index (χ0n) is 13.7. The number of nitrogens with one attached hydrogen (secondary N) is 1. The van der Waals surface area contributed by atoms with Gasteiger partial charge in [-0.05, 0) is 24.3 Å². The summed E-state index contributed by atoms with van der Waals surface area (Å²) in [5.74, 6) is 0.697. The minimum atomic E-state index is -0.291. The summed E-state index contributed by atoms with van der Waals surface area (Å²) in [6.07, 6.45) is 1.67. The van der Waals surface area contributed by atoms with E-state index in [0.29, 0.717) is 19.0 Å². The zero-order chi connectivity index (χ0) is 16.1. The highest BCUT2D eigenvalue weighted by molar-refractivity contribution is 5.87. The minimum Gasteiger partial charge on any atom is -0.354 e. The summed E-state index contributed by atoms with van der Waals surface area (Å²) in [5, 5.41) is 3.06. The Kier molecular flexibility index (Phi) is 5.58. The number of carbonyl (C=O) groups is 2. The number of likely N-dealkylation sites (tertiary alicyclic amines) is 1. The first-order valence-electron chi connectivity index (χ1n) is 8.10. The van der Waals surface area contributed by atoms with Crippen LogP contribution in [-0.4, -0.2) is 35.8 Å². The Morgan fingerprint density at radius 3 is 2.55 bits per heavy atom. The molecule has 1 N–H and O–H groups in total. The summed E-state index contributed by atoms with van der Waals surface area (Å²) in [6, 6.07) is 9.98. The molecule has 4 nitrogen and oxygen atoms in total. The summed E-state index contributed by atoms with van der Waals surface area (Å²) in [7, 11) is 0. The van der Waals surface area contributed by atoms with Gasteiger partial charge in [0.05, 0.1) is 0 Å². The zero-order valence-corrected chi connectivity index (χ0v) is 13.7. The van der Waals surface area contributed by atoms with Crippen molar-refractivity contribution < 1.29 is 9.59 Å². The molecule has 1 saturated heterocycles. The molecule has 1 aliphatic heterocycles. The lowest BCUT2D eigenvalue weighted by atomic mass is 9.88. The van der Waals surface area contributed by atoms with Crippen LogP contribution in [0.2, 0.25) is 0 Å². The molecule has 1 aromatic carbocycles. The molecule has 2 amide bonds. The van der Waals surface area contributed by atoms with Crippen molar-refractivity contribution in [3.63, 3.8) is 0 Å². The lowest BCUT2D eigenvalue weighted by Gasteiger charge is -2.26. The number of nitrogens with zero attached hydrogens (tertiary/aromatic N) is 1. The molecule has 0 aromatic heterocycles. The first-order valence-corrected chi connectivity index (χ1v) is 8.10. The van der Waals surface area contributed by atoms with Gasteiger partial charge in [0.2, 0.25) is 11.8 Å². The molecule has 4 heteroatoms. The van der Waals surface area contributed by atoms with E-state index in [1.807, 2.05) is 18.2 Å². The standard InChI is InChI=1S/C18H26N2O2/c1-13(2)16(15-8-5-4-6-9-15)12-19-18(22)17-10-7-11-20(17)14(3)21/h4-6,8-9,13,16-17H,7,10-12H2,1-3H3,(H,19,22). The van der Waals surface area contributed by atoms with Crippen LogP contribution in [0.25, 0.3) is 0 Å². The Morgan fingerprint density at radius 2 is 1.95 bits per heavy atom. The van der Waals surface area contributed by atoms with E-state index in [0.717, 1.165) is 12.8 Å². The van der Waals surface area contributed by atoms with Gasteiger partial charge < -0.3 is 10.2 Å². The SMILES string of the molecule is CC(=O)N1CCCC1C(=O)NCC(c1ccccc1)C(C)C. The van der Waals surface area contributed by atoms with Crippen LogP contribution in [0.5, 0.6) is 0 Å². The summed E-state index contributed by atoms with van der Waals surface area (Å²) >= 11 is 0. The Balaban J connectivity index is 1.98. The number of benzene rings is 1. The fourth-order valence-electron chi connectivity index (χ4n) is 3.18. The molecule has 2 unspecified atom stereocenters. The van der Waals surface area contributed by atoms with Crippen LogP contribution in [-0.2, 0) is 9.59 Å². The second kappa shape index (κ2) is 7.43.